The Hall–Kier alpha value is -4.60. The highest BCUT2D eigenvalue weighted by atomic mass is 17.1. The minimum atomic E-state index is -0.418. The van der Waals surface area contributed by atoms with Crippen LogP contribution in [-0.2, 0) is 48.3 Å². The van der Waals surface area contributed by atoms with E-state index in [1.54, 1.807) is 16.9 Å². The maximum atomic E-state index is 13.2. The Balaban J connectivity index is 1.16. The largest absolute Gasteiger partial charge is 0.496 e. The first kappa shape index (κ1) is 48.4. The van der Waals surface area contributed by atoms with Crippen LogP contribution >= 0.6 is 0 Å². The molecule has 4 N–H and O–H groups in total. The van der Waals surface area contributed by atoms with Crippen molar-refractivity contribution in [1.82, 2.24) is 15.7 Å². The number of amides is 2. The molecule has 62 heavy (non-hydrogen) atoms. The Labute approximate surface area is 362 Å². The number of carbonyl (C=O) groups is 2. The van der Waals surface area contributed by atoms with Gasteiger partial charge in [-0.05, 0) is 98.7 Å². The monoisotopic (exact) mass is 870 g/mol. The van der Waals surface area contributed by atoms with Crippen molar-refractivity contribution in [2.45, 2.75) is 89.4 Å². The molecule has 3 aromatic rings. The van der Waals surface area contributed by atoms with Crippen LogP contribution in [0.4, 0.5) is 15.3 Å². The highest BCUT2D eigenvalue weighted by Crippen LogP contribution is 2.34. The molecule has 0 spiro atoms. The number of unbranched alkanes of at least 4 members (excludes halogenated alkanes) is 4. The van der Waals surface area contributed by atoms with Gasteiger partial charge in [0.25, 0.3) is 0 Å². The second-order valence-electron chi connectivity index (χ2n) is 15.1. The molecule has 342 valence electrons. The van der Waals surface area contributed by atoms with Crippen LogP contribution in [0.15, 0.2) is 66.7 Å². The lowest BCUT2D eigenvalue weighted by Crippen LogP contribution is -2.47. The molecule has 2 heterocycles. The summed E-state index contributed by atoms with van der Waals surface area (Å²) in [4.78, 5) is 38.9. The first-order chi connectivity index (χ1) is 30.2. The van der Waals surface area contributed by atoms with E-state index >= 15 is 0 Å². The van der Waals surface area contributed by atoms with Gasteiger partial charge in [-0.1, -0.05) is 42.5 Å². The van der Waals surface area contributed by atoms with Crippen LogP contribution in [0.25, 0.3) is 0 Å². The van der Waals surface area contributed by atoms with E-state index in [4.69, 9.17) is 49.3 Å². The lowest BCUT2D eigenvalue weighted by molar-refractivity contribution is -0.492. The molecule has 1 fully saturated rings. The molecule has 2 aliphatic heterocycles. The van der Waals surface area contributed by atoms with Crippen molar-refractivity contribution < 1.29 is 68.5 Å². The molecule has 18 nitrogen and oxygen atoms in total. The zero-order valence-corrected chi connectivity index (χ0v) is 35.5. The van der Waals surface area contributed by atoms with Gasteiger partial charge in [-0.25, -0.2) is 9.59 Å². The Morgan fingerprint density at radius 2 is 1.42 bits per heavy atom. The zero-order valence-electron chi connectivity index (χ0n) is 35.5. The SMILES string of the molecule is COc1ccccc1COCCCOc1ccc(C2CCN(C(=O)OCCCCCON(O)O)CC2OCc2ccc3c(c2)N(C(=O)OCCCCCON(O)O)CCC3)cc1. The minimum Gasteiger partial charge on any atom is -0.496 e. The summed E-state index contributed by atoms with van der Waals surface area (Å²) in [6.45, 7) is 3.81. The maximum absolute atomic E-state index is 13.2. The summed E-state index contributed by atoms with van der Waals surface area (Å²) in [5.74, 6) is 1.53. The number of ether oxygens (including phenoxy) is 6. The molecule has 2 aliphatic rings. The summed E-state index contributed by atoms with van der Waals surface area (Å²) in [7, 11) is 1.65. The van der Waals surface area contributed by atoms with E-state index in [9.17, 15) is 9.59 Å². The van der Waals surface area contributed by atoms with Gasteiger partial charge in [0, 0.05) is 31.0 Å². The maximum Gasteiger partial charge on any atom is 0.414 e. The number of methoxy groups -OCH3 is 1. The van der Waals surface area contributed by atoms with Gasteiger partial charge >= 0.3 is 12.2 Å². The molecule has 1 saturated heterocycles. The quantitative estimate of drug-likeness (QED) is 0.0457. The van der Waals surface area contributed by atoms with Gasteiger partial charge in [-0.15, -0.1) is 0 Å². The van der Waals surface area contributed by atoms with Crippen molar-refractivity contribution in [3.05, 3.63) is 89.0 Å². The highest BCUT2D eigenvalue weighted by Gasteiger charge is 2.34. The predicted octanol–water partition coefficient (Wildman–Crippen LogP) is 7.45. The normalized spacial score (nSPS) is 16.4. The van der Waals surface area contributed by atoms with Crippen LogP contribution in [0.5, 0.6) is 11.5 Å². The van der Waals surface area contributed by atoms with E-state index in [0.717, 1.165) is 58.7 Å². The first-order valence-corrected chi connectivity index (χ1v) is 21.3. The molecule has 18 heteroatoms. The molecule has 3 aromatic carbocycles. The number of hydrogen-bond donors (Lipinski definition) is 4. The molecule has 0 aliphatic carbocycles. The van der Waals surface area contributed by atoms with Gasteiger partial charge in [0.05, 0.1) is 89.1 Å². The van der Waals surface area contributed by atoms with Crippen molar-refractivity contribution in [3.63, 3.8) is 0 Å². The molecule has 2 atom stereocenters. The average Bonchev–Trinajstić information content (AvgIpc) is 3.28. The third-order valence-electron chi connectivity index (χ3n) is 10.7. The summed E-state index contributed by atoms with van der Waals surface area (Å²) in [6.07, 6.45) is 5.53. The number of benzene rings is 3. The van der Waals surface area contributed by atoms with Crippen LogP contribution in [0.3, 0.4) is 0 Å². The third-order valence-corrected chi connectivity index (χ3v) is 10.7. The van der Waals surface area contributed by atoms with Crippen molar-refractivity contribution in [1.29, 1.82) is 0 Å². The van der Waals surface area contributed by atoms with Crippen LogP contribution in [0, 0.1) is 0 Å². The fraction of sp³-hybridized carbons (Fsp3) is 0.545. The number of rotatable bonds is 26. The number of carbonyl (C=O) groups excluding carboxylic acids is 2. The average molecular weight is 871 g/mol. The lowest BCUT2D eigenvalue weighted by Gasteiger charge is -2.38. The van der Waals surface area contributed by atoms with Crippen molar-refractivity contribution >= 4 is 17.9 Å². The van der Waals surface area contributed by atoms with Crippen molar-refractivity contribution in [2.24, 2.45) is 0 Å². The third kappa shape index (κ3) is 16.3. The first-order valence-electron chi connectivity index (χ1n) is 21.3. The smallest absolute Gasteiger partial charge is 0.414 e. The molecule has 0 saturated carbocycles. The van der Waals surface area contributed by atoms with Crippen molar-refractivity contribution in [2.75, 3.05) is 71.3 Å². The number of nitrogens with zero attached hydrogens (tertiary/aromatic N) is 4. The van der Waals surface area contributed by atoms with E-state index in [-0.39, 0.29) is 55.8 Å². The topological polar surface area (TPSA) is 202 Å². The summed E-state index contributed by atoms with van der Waals surface area (Å²) >= 11 is 0. The molecule has 0 radical (unpaired) electrons. The summed E-state index contributed by atoms with van der Waals surface area (Å²) in [6, 6.07) is 21.8. The highest BCUT2D eigenvalue weighted by molar-refractivity contribution is 5.89. The molecule has 0 bridgehead atoms. The Morgan fingerprint density at radius 1 is 0.726 bits per heavy atom. The van der Waals surface area contributed by atoms with Crippen LogP contribution in [-0.4, -0.2) is 121 Å². The fourth-order valence-corrected chi connectivity index (χ4v) is 7.44. The second-order valence-corrected chi connectivity index (χ2v) is 15.1. The standard InChI is InChI=1S/C44H62N4O14/c1-55-41-14-5-4-12-37(41)33-56-24-11-27-57-38-19-17-35(18-20-38)39-21-23-45(43(49)58-25-6-2-8-28-61-47(51)52)31-42(39)60-32-34-15-16-36-13-10-22-46(40(36)30-34)44(50)59-26-7-3-9-29-62-48(53)54/h4-5,12,14-20,30,39,42,51-54H,2-3,6-11,13,21-29,31-33H2,1H3. The number of aryl methyl sites for hydroxylation is 1. The summed E-state index contributed by atoms with van der Waals surface area (Å²) < 4.78 is 35.1. The Kier molecular flexibility index (Phi) is 20.9. The molecule has 0 aromatic heterocycles. The number of para-hydroxylation sites is 1. The number of likely N-dealkylation sites (tertiary alicyclic amines) is 1. The number of piperidine rings is 1. The number of fused-ring (bicyclic) bond motifs is 1. The molecular formula is C44H62N4O14. The molecular weight excluding hydrogens is 808 g/mol. The van der Waals surface area contributed by atoms with E-state index < -0.39 is 12.2 Å². The lowest BCUT2D eigenvalue weighted by atomic mass is 9.87. The van der Waals surface area contributed by atoms with Crippen LogP contribution in [0.1, 0.15) is 86.0 Å². The van der Waals surface area contributed by atoms with E-state index in [1.165, 1.54) is 0 Å². The fourth-order valence-electron chi connectivity index (χ4n) is 7.44. The predicted molar refractivity (Wildman–Crippen MR) is 222 cm³/mol. The van der Waals surface area contributed by atoms with Crippen molar-refractivity contribution in [3.8, 4) is 11.5 Å². The molecule has 2 unspecified atom stereocenters. The minimum absolute atomic E-state index is 0.0176. The van der Waals surface area contributed by atoms with Crippen LogP contribution in [0.2, 0.25) is 0 Å². The van der Waals surface area contributed by atoms with E-state index in [0.29, 0.717) is 84.4 Å². The molecule has 5 rings (SSSR count). The summed E-state index contributed by atoms with van der Waals surface area (Å²) in [5, 5.41) is 34.0. The van der Waals surface area contributed by atoms with Gasteiger partial charge in [0.1, 0.15) is 11.5 Å². The Morgan fingerprint density at radius 3 is 2.13 bits per heavy atom. The molecule has 2 amide bonds. The van der Waals surface area contributed by atoms with E-state index in [1.807, 2.05) is 66.7 Å². The Bertz CT molecular complexity index is 1770. The number of hydrogen-bond acceptors (Lipinski definition) is 16. The summed E-state index contributed by atoms with van der Waals surface area (Å²) in [5.41, 5.74) is 4.79. The van der Waals surface area contributed by atoms with Gasteiger partial charge in [-0.3, -0.25) is 35.4 Å². The van der Waals surface area contributed by atoms with Gasteiger partial charge < -0.3 is 33.3 Å². The zero-order chi connectivity index (χ0) is 43.9. The second kappa shape index (κ2) is 26.8. The van der Waals surface area contributed by atoms with Gasteiger partial charge in [-0.2, -0.15) is 0 Å². The van der Waals surface area contributed by atoms with Gasteiger partial charge in [0.15, 0.2) is 0 Å². The van der Waals surface area contributed by atoms with E-state index in [2.05, 4.69) is 9.68 Å². The number of anilines is 1. The van der Waals surface area contributed by atoms with Gasteiger partial charge in [0.2, 0.25) is 0 Å². The van der Waals surface area contributed by atoms with Crippen LogP contribution < -0.4 is 14.4 Å².